The minimum atomic E-state index is -0.432. The molecule has 0 saturated carbocycles. The summed E-state index contributed by atoms with van der Waals surface area (Å²) in [4.78, 5) is 0. The minimum absolute atomic E-state index is 0.432. The van der Waals surface area contributed by atoms with E-state index in [1.165, 1.54) is 0 Å². The first-order valence-electron chi connectivity index (χ1n) is 3.75. The molecule has 0 aliphatic carbocycles. The van der Waals surface area contributed by atoms with Gasteiger partial charge in [-0.25, -0.2) is 0 Å². The van der Waals surface area contributed by atoms with Crippen molar-refractivity contribution in [2.24, 2.45) is 0 Å². The minimum Gasteiger partial charge on any atom is -0.389 e. The molecule has 0 aromatic rings. The Hall–Kier alpha value is -1.88. The molecule has 0 amide bonds. The molecule has 0 bridgehead atoms. The van der Waals surface area contributed by atoms with Crippen molar-refractivity contribution in [2.75, 3.05) is 0 Å². The van der Waals surface area contributed by atoms with Gasteiger partial charge in [0.2, 0.25) is 0 Å². The molecule has 1 unspecified atom stereocenters. The van der Waals surface area contributed by atoms with Gasteiger partial charge >= 0.3 is 0 Å². The van der Waals surface area contributed by atoms with Crippen LogP contribution in [0.3, 0.4) is 0 Å². The summed E-state index contributed by atoms with van der Waals surface area (Å²) in [7, 11) is 0. The molecule has 0 aliphatic rings. The lowest BCUT2D eigenvalue weighted by atomic mass is 10.3. The van der Waals surface area contributed by atoms with Gasteiger partial charge in [0.15, 0.2) is 0 Å². The maximum atomic E-state index is 8.82. The number of hydrogen-bond acceptors (Lipinski definition) is 1. The molecule has 1 atom stereocenters. The van der Waals surface area contributed by atoms with Crippen LogP contribution in [0.1, 0.15) is 6.92 Å². The van der Waals surface area contributed by atoms with Crippen LogP contribution in [0.25, 0.3) is 0 Å². The number of allylic oxidation sites excluding steroid dienone is 3. The summed E-state index contributed by atoms with van der Waals surface area (Å²) in [5.74, 6) is 12.2. The predicted molar refractivity (Wildman–Crippen MR) is 54.3 cm³/mol. The summed E-state index contributed by atoms with van der Waals surface area (Å²) in [6.07, 6.45) is 11.2. The predicted octanol–water partition coefficient (Wildman–Crippen LogP) is 1.12. The van der Waals surface area contributed by atoms with E-state index in [1.807, 2.05) is 0 Å². The van der Waals surface area contributed by atoms with Gasteiger partial charge in [0, 0.05) is 0 Å². The third-order valence-electron chi connectivity index (χ3n) is 0.950. The van der Waals surface area contributed by atoms with Gasteiger partial charge in [0.25, 0.3) is 0 Å². The largest absolute Gasteiger partial charge is 0.389 e. The molecule has 0 aromatic heterocycles. The van der Waals surface area contributed by atoms with Crippen LogP contribution in [0.15, 0.2) is 24.3 Å². The molecule has 0 fully saturated rings. The second kappa shape index (κ2) is 8.22. The fourth-order valence-corrected chi connectivity index (χ4v) is 0.474. The Morgan fingerprint density at radius 2 is 2.00 bits per heavy atom. The zero-order valence-electron chi connectivity index (χ0n) is 7.41. The van der Waals surface area contributed by atoms with E-state index in [0.29, 0.717) is 0 Å². The number of aliphatic hydroxyl groups is 1. The second-order valence-electron chi connectivity index (χ2n) is 2.15. The van der Waals surface area contributed by atoms with E-state index < -0.39 is 6.10 Å². The Bertz CT molecular complexity index is 343. The van der Waals surface area contributed by atoms with Crippen molar-refractivity contribution in [1.82, 2.24) is 0 Å². The van der Waals surface area contributed by atoms with Crippen LogP contribution in [-0.2, 0) is 0 Å². The molecule has 0 radical (unpaired) electrons. The summed E-state index contributed by atoms with van der Waals surface area (Å²) in [5.41, 5.74) is 0. The Labute approximate surface area is 79.2 Å². The highest BCUT2D eigenvalue weighted by molar-refractivity contribution is 5.36. The van der Waals surface area contributed by atoms with Crippen LogP contribution in [0.4, 0.5) is 0 Å². The number of hydrogen-bond donors (Lipinski definition) is 1. The monoisotopic (exact) mass is 170 g/mol. The van der Waals surface area contributed by atoms with E-state index in [4.69, 9.17) is 11.5 Å². The molecule has 0 aromatic carbocycles. The maximum Gasteiger partial charge on any atom is 0.0695 e. The van der Waals surface area contributed by atoms with Crippen molar-refractivity contribution in [3.05, 3.63) is 24.3 Å². The number of rotatable bonds is 2. The Kier molecular flexibility index (Phi) is 7.03. The topological polar surface area (TPSA) is 20.2 Å². The van der Waals surface area contributed by atoms with E-state index in [-0.39, 0.29) is 0 Å². The smallest absolute Gasteiger partial charge is 0.0695 e. The van der Waals surface area contributed by atoms with Gasteiger partial charge < -0.3 is 5.11 Å². The molecule has 13 heavy (non-hydrogen) atoms. The standard InChI is InChI=1S/C12H10O/c1-3-4-5-6-7-8-9-10-11-12(2)13/h1,8-13H,2H3/b9-8-,11-10+. The van der Waals surface area contributed by atoms with E-state index in [1.54, 1.807) is 31.2 Å². The highest BCUT2D eigenvalue weighted by atomic mass is 16.3. The molecule has 0 heterocycles. The zero-order chi connectivity index (χ0) is 9.94. The molecular weight excluding hydrogens is 160 g/mol. The van der Waals surface area contributed by atoms with E-state index in [9.17, 15) is 0 Å². The summed E-state index contributed by atoms with van der Waals surface area (Å²) < 4.78 is 0. The summed E-state index contributed by atoms with van der Waals surface area (Å²) in [6, 6.07) is 0. The van der Waals surface area contributed by atoms with Gasteiger partial charge in [0.1, 0.15) is 0 Å². The van der Waals surface area contributed by atoms with Gasteiger partial charge in [-0.05, 0) is 36.7 Å². The quantitative estimate of drug-likeness (QED) is 0.486. The summed E-state index contributed by atoms with van der Waals surface area (Å²) in [5, 5.41) is 8.82. The van der Waals surface area contributed by atoms with E-state index in [2.05, 4.69) is 29.6 Å². The fraction of sp³-hybridized carbons (Fsp3) is 0.167. The van der Waals surface area contributed by atoms with Gasteiger partial charge in [-0.3, -0.25) is 0 Å². The summed E-state index contributed by atoms with van der Waals surface area (Å²) in [6.45, 7) is 1.68. The van der Waals surface area contributed by atoms with Gasteiger partial charge in [-0.2, -0.15) is 0 Å². The van der Waals surface area contributed by atoms with Crippen LogP contribution in [0.5, 0.6) is 0 Å². The first-order chi connectivity index (χ1) is 6.27. The lowest BCUT2D eigenvalue weighted by Crippen LogP contribution is -1.90. The first-order valence-corrected chi connectivity index (χ1v) is 3.75. The Morgan fingerprint density at radius 1 is 1.23 bits per heavy atom. The fourth-order valence-electron chi connectivity index (χ4n) is 0.474. The lowest BCUT2D eigenvalue weighted by Gasteiger charge is -1.88. The third kappa shape index (κ3) is 10.1. The molecular formula is C12H10O. The van der Waals surface area contributed by atoms with Crippen LogP contribution < -0.4 is 0 Å². The number of aliphatic hydroxyl groups excluding tert-OH is 1. The van der Waals surface area contributed by atoms with Crippen LogP contribution in [0.2, 0.25) is 0 Å². The van der Waals surface area contributed by atoms with Crippen LogP contribution in [-0.4, -0.2) is 11.2 Å². The van der Waals surface area contributed by atoms with Crippen LogP contribution in [0, 0.1) is 36.0 Å². The highest BCUT2D eigenvalue weighted by Gasteiger charge is 1.79. The second-order valence-corrected chi connectivity index (χ2v) is 2.15. The van der Waals surface area contributed by atoms with Crippen molar-refractivity contribution in [1.29, 1.82) is 0 Å². The maximum absolute atomic E-state index is 8.82. The van der Waals surface area contributed by atoms with Gasteiger partial charge in [-0.15, -0.1) is 6.42 Å². The van der Waals surface area contributed by atoms with Crippen molar-refractivity contribution >= 4 is 0 Å². The van der Waals surface area contributed by atoms with Crippen LogP contribution >= 0.6 is 0 Å². The SMILES string of the molecule is C#CC#CC#C/C=C\C=C\C(C)O. The summed E-state index contributed by atoms with van der Waals surface area (Å²) >= 11 is 0. The van der Waals surface area contributed by atoms with Gasteiger partial charge in [-0.1, -0.05) is 24.1 Å². The molecule has 0 saturated heterocycles. The van der Waals surface area contributed by atoms with E-state index in [0.717, 1.165) is 0 Å². The van der Waals surface area contributed by atoms with Crippen molar-refractivity contribution < 1.29 is 5.11 Å². The zero-order valence-corrected chi connectivity index (χ0v) is 7.41. The van der Waals surface area contributed by atoms with Crippen molar-refractivity contribution in [3.63, 3.8) is 0 Å². The van der Waals surface area contributed by atoms with Crippen molar-refractivity contribution in [3.8, 4) is 36.0 Å². The molecule has 1 heteroatoms. The molecule has 0 aliphatic heterocycles. The van der Waals surface area contributed by atoms with Crippen molar-refractivity contribution in [2.45, 2.75) is 13.0 Å². The van der Waals surface area contributed by atoms with E-state index >= 15 is 0 Å². The third-order valence-corrected chi connectivity index (χ3v) is 0.950. The average molecular weight is 170 g/mol. The Morgan fingerprint density at radius 3 is 2.62 bits per heavy atom. The molecule has 0 spiro atoms. The average Bonchev–Trinajstić information content (AvgIpc) is 2.09. The lowest BCUT2D eigenvalue weighted by molar-refractivity contribution is 0.244. The first kappa shape index (κ1) is 11.1. The van der Waals surface area contributed by atoms with Gasteiger partial charge in [0.05, 0.1) is 6.10 Å². The molecule has 1 nitrogen and oxygen atoms in total. The number of terminal acetylenes is 1. The molecule has 0 rings (SSSR count). The molecule has 1 N–H and O–H groups in total. The normalized spacial score (nSPS) is 11.2. The molecule has 64 valence electrons. The Balaban J connectivity index is 3.87. The highest BCUT2D eigenvalue weighted by Crippen LogP contribution is 1.83.